The minimum atomic E-state index is -0.649. The molecule has 4 unspecified atom stereocenters. The third kappa shape index (κ3) is 5.59. The smallest absolute Gasteiger partial charge is 0.244 e. The number of aliphatic hydroxyl groups is 1. The van der Waals surface area contributed by atoms with Crippen molar-refractivity contribution in [2.45, 2.75) is 86.2 Å². The van der Waals surface area contributed by atoms with Crippen LogP contribution in [-0.2, 0) is 14.4 Å². The molecule has 3 amide bonds. The molecule has 3 saturated heterocycles. The fourth-order valence-electron chi connectivity index (χ4n) is 6.39. The van der Waals surface area contributed by atoms with E-state index in [1.165, 1.54) is 0 Å². The van der Waals surface area contributed by atoms with Gasteiger partial charge in [0, 0.05) is 35.0 Å². The largest absolute Gasteiger partial charge is 0.494 e. The highest BCUT2D eigenvalue weighted by molar-refractivity contribution is 9.09. The zero-order valence-corrected chi connectivity index (χ0v) is 24.9. The Kier molecular flexibility index (Phi) is 9.68. The van der Waals surface area contributed by atoms with E-state index in [-0.39, 0.29) is 40.4 Å². The van der Waals surface area contributed by atoms with Gasteiger partial charge >= 0.3 is 0 Å². The number of alkyl halides is 1. The number of nitrogens with zero attached hydrogens (tertiary/aromatic N) is 1. The van der Waals surface area contributed by atoms with Gasteiger partial charge in [-0.05, 0) is 70.2 Å². The van der Waals surface area contributed by atoms with Crippen molar-refractivity contribution in [2.24, 2.45) is 11.8 Å². The predicted molar refractivity (Wildman–Crippen MR) is 154 cm³/mol. The summed E-state index contributed by atoms with van der Waals surface area (Å²) >= 11 is 5.46. The molecule has 10 heteroatoms. The van der Waals surface area contributed by atoms with Crippen molar-refractivity contribution in [3.8, 4) is 5.75 Å². The van der Waals surface area contributed by atoms with Gasteiger partial charge in [0.05, 0.1) is 23.2 Å². The number of anilines is 1. The fraction of sp³-hybridized carbons (Fsp3) is 0.679. The molecule has 0 radical (unpaired) electrons. The molecule has 1 aromatic carbocycles. The number of halogens is 1. The molecule has 3 heterocycles. The molecule has 0 aliphatic carbocycles. The first-order valence-electron chi connectivity index (χ1n) is 13.8. The first-order valence-corrected chi connectivity index (χ1v) is 15.6. The molecule has 8 nitrogen and oxygen atoms in total. The second kappa shape index (κ2) is 12.6. The van der Waals surface area contributed by atoms with Crippen molar-refractivity contribution in [1.29, 1.82) is 0 Å². The second-order valence-corrected chi connectivity index (χ2v) is 13.3. The van der Waals surface area contributed by atoms with Crippen molar-refractivity contribution >= 4 is 51.1 Å². The van der Waals surface area contributed by atoms with Crippen LogP contribution < -0.4 is 15.4 Å². The van der Waals surface area contributed by atoms with Crippen molar-refractivity contribution in [1.82, 2.24) is 10.2 Å². The van der Waals surface area contributed by atoms with E-state index < -0.39 is 22.6 Å². The van der Waals surface area contributed by atoms with Crippen molar-refractivity contribution in [3.05, 3.63) is 24.3 Å². The molecular weight excluding hydrogens is 570 g/mol. The van der Waals surface area contributed by atoms with Gasteiger partial charge in [-0.25, -0.2) is 0 Å². The van der Waals surface area contributed by atoms with Crippen LogP contribution >= 0.6 is 27.7 Å². The van der Waals surface area contributed by atoms with Crippen LogP contribution in [0.4, 0.5) is 5.69 Å². The Bertz CT molecular complexity index is 1010. The average Bonchev–Trinajstić information content (AvgIpc) is 3.46. The maximum absolute atomic E-state index is 14.0. The Balaban J connectivity index is 1.60. The van der Waals surface area contributed by atoms with E-state index in [1.807, 2.05) is 26.0 Å². The van der Waals surface area contributed by atoms with Gasteiger partial charge in [-0.1, -0.05) is 29.3 Å². The first kappa shape index (κ1) is 29.2. The van der Waals surface area contributed by atoms with E-state index in [0.717, 1.165) is 25.0 Å². The van der Waals surface area contributed by atoms with Crippen molar-refractivity contribution < 1.29 is 24.2 Å². The number of hydrogen-bond acceptors (Lipinski definition) is 6. The van der Waals surface area contributed by atoms with Gasteiger partial charge in [-0.2, -0.15) is 0 Å². The lowest BCUT2D eigenvalue weighted by Crippen LogP contribution is -2.55. The highest BCUT2D eigenvalue weighted by atomic mass is 79.9. The first-order chi connectivity index (χ1) is 18.3. The summed E-state index contributed by atoms with van der Waals surface area (Å²) in [6, 6.07) is 6.63. The third-order valence-electron chi connectivity index (χ3n) is 7.94. The second-order valence-electron chi connectivity index (χ2n) is 10.6. The number of rotatable bonds is 13. The number of carbonyl (C=O) groups is 3. The quantitative estimate of drug-likeness (QED) is 0.231. The number of fused-ring (bicyclic) bond motifs is 1. The summed E-state index contributed by atoms with van der Waals surface area (Å²) < 4.78 is 4.85. The van der Waals surface area contributed by atoms with Crippen LogP contribution in [0.15, 0.2) is 24.3 Å². The van der Waals surface area contributed by atoms with Gasteiger partial charge in [0.2, 0.25) is 17.7 Å². The summed E-state index contributed by atoms with van der Waals surface area (Å²) in [7, 11) is 0. The molecule has 4 rings (SSSR count). The van der Waals surface area contributed by atoms with Gasteiger partial charge in [0.15, 0.2) is 0 Å². The number of aliphatic hydroxyl groups excluding tert-OH is 1. The summed E-state index contributed by atoms with van der Waals surface area (Å²) in [6.07, 6.45) is 4.63. The Labute approximate surface area is 238 Å². The zero-order chi connectivity index (χ0) is 27.4. The van der Waals surface area contributed by atoms with E-state index in [0.29, 0.717) is 38.1 Å². The molecule has 7 atom stereocenters. The summed E-state index contributed by atoms with van der Waals surface area (Å²) in [4.78, 5) is 43.3. The standard InChI is InChI=1S/C28H40BrN3O5S/c1-4-9-17(3)30-26(35)24-28-16-20(29)23(38-28)21(22(28)27(36)32(24)14-7-6-8-15-33)25(34)31-18-10-12-19(13-11-18)37-5-2/h10-13,17,20-24,33H,4-9,14-16H2,1-3H3,(H,30,35)(H,31,34)/t17?,20?,21-,22+,23-,24?,28?/m1/s1. The number of amides is 3. The van der Waals surface area contributed by atoms with Gasteiger partial charge < -0.3 is 25.4 Å². The average molecular weight is 611 g/mol. The lowest BCUT2D eigenvalue weighted by atomic mass is 9.70. The molecule has 1 spiro atoms. The van der Waals surface area contributed by atoms with Crippen molar-refractivity contribution in [2.75, 3.05) is 25.1 Å². The van der Waals surface area contributed by atoms with E-state index in [9.17, 15) is 19.5 Å². The Morgan fingerprint density at radius 2 is 1.95 bits per heavy atom. The number of hydrogen-bond donors (Lipinski definition) is 3. The molecule has 0 aromatic heterocycles. The van der Waals surface area contributed by atoms with Crippen molar-refractivity contribution in [3.63, 3.8) is 0 Å². The SMILES string of the molecule is CCCC(C)NC(=O)C1N(CCCCCO)C(=O)[C@@H]2[C@@H](C(=O)Nc3ccc(OCC)cc3)[C@@H]3SC12CC3Br. The normalized spacial score (nSPS) is 30.3. The highest BCUT2D eigenvalue weighted by Crippen LogP contribution is 2.67. The van der Waals surface area contributed by atoms with E-state index in [1.54, 1.807) is 28.8 Å². The van der Waals surface area contributed by atoms with Crippen LogP contribution in [0.3, 0.4) is 0 Å². The number of thioether (sulfide) groups is 1. The van der Waals surface area contributed by atoms with Crippen LogP contribution in [0.5, 0.6) is 5.75 Å². The molecule has 3 fully saturated rings. The summed E-state index contributed by atoms with van der Waals surface area (Å²) in [5, 5.41) is 15.3. The van der Waals surface area contributed by atoms with Gasteiger partial charge in [0.1, 0.15) is 11.8 Å². The van der Waals surface area contributed by atoms with Crippen LogP contribution in [0.2, 0.25) is 0 Å². The topological polar surface area (TPSA) is 108 Å². The zero-order valence-electron chi connectivity index (χ0n) is 22.5. The summed E-state index contributed by atoms with van der Waals surface area (Å²) in [6.45, 7) is 7.12. The lowest BCUT2D eigenvalue weighted by Gasteiger charge is -2.36. The van der Waals surface area contributed by atoms with Crippen LogP contribution in [0.25, 0.3) is 0 Å². The molecule has 3 N–H and O–H groups in total. The molecule has 1 aromatic rings. The predicted octanol–water partition coefficient (Wildman–Crippen LogP) is 3.96. The molecule has 38 heavy (non-hydrogen) atoms. The number of nitrogens with one attached hydrogen (secondary N) is 2. The number of likely N-dealkylation sites (tertiary alicyclic amines) is 1. The molecule has 3 aliphatic heterocycles. The molecule has 3 aliphatic rings. The van der Waals surface area contributed by atoms with Gasteiger partial charge in [-0.15, -0.1) is 11.8 Å². The molecule has 2 bridgehead atoms. The molecule has 0 saturated carbocycles. The third-order valence-corrected chi connectivity index (χ3v) is 11.2. The fourth-order valence-corrected chi connectivity index (χ4v) is 10.0. The van der Waals surface area contributed by atoms with E-state index >= 15 is 0 Å². The van der Waals surface area contributed by atoms with E-state index in [2.05, 4.69) is 33.5 Å². The Morgan fingerprint density at radius 3 is 2.61 bits per heavy atom. The number of benzene rings is 1. The minimum Gasteiger partial charge on any atom is -0.494 e. The van der Waals surface area contributed by atoms with Gasteiger partial charge in [0.25, 0.3) is 0 Å². The lowest BCUT2D eigenvalue weighted by molar-refractivity contribution is -0.139. The number of carbonyl (C=O) groups excluding carboxylic acids is 3. The monoisotopic (exact) mass is 609 g/mol. The van der Waals surface area contributed by atoms with Crippen LogP contribution in [0, 0.1) is 11.8 Å². The minimum absolute atomic E-state index is 0.0106. The molecular formula is C28H40BrN3O5S. The maximum Gasteiger partial charge on any atom is 0.244 e. The van der Waals surface area contributed by atoms with Crippen LogP contribution in [0.1, 0.15) is 59.3 Å². The molecule has 210 valence electrons. The Morgan fingerprint density at radius 1 is 1.21 bits per heavy atom. The Hall–Kier alpha value is -1.78. The maximum atomic E-state index is 14.0. The van der Waals surface area contributed by atoms with Gasteiger partial charge in [-0.3, -0.25) is 14.4 Å². The number of ether oxygens (including phenoxy) is 1. The highest BCUT2D eigenvalue weighted by Gasteiger charge is 2.75. The van der Waals surface area contributed by atoms with Crippen LogP contribution in [-0.4, -0.2) is 74.4 Å². The summed E-state index contributed by atoms with van der Waals surface area (Å²) in [5.74, 6) is -0.763. The van der Waals surface area contributed by atoms with E-state index in [4.69, 9.17) is 4.74 Å². The number of unbranched alkanes of at least 4 members (excludes halogenated alkanes) is 2. The summed E-state index contributed by atoms with van der Waals surface area (Å²) in [5.41, 5.74) is 0.653.